The van der Waals surface area contributed by atoms with Crippen molar-refractivity contribution in [3.63, 3.8) is 0 Å². The summed E-state index contributed by atoms with van der Waals surface area (Å²) >= 11 is 1.68. The summed E-state index contributed by atoms with van der Waals surface area (Å²) in [5, 5.41) is 5.10. The second-order valence-electron chi connectivity index (χ2n) is 5.57. The molecule has 1 atom stereocenters. The van der Waals surface area contributed by atoms with Crippen molar-refractivity contribution in [2.24, 2.45) is 11.0 Å². The normalized spacial score (nSPS) is 23.4. The molecule has 5 nitrogen and oxygen atoms in total. The Bertz CT molecular complexity index is 656. The van der Waals surface area contributed by atoms with E-state index in [9.17, 15) is 9.18 Å². The number of hydrazone groups is 1. The first-order chi connectivity index (χ1) is 10.7. The molecule has 1 fully saturated rings. The van der Waals surface area contributed by atoms with Gasteiger partial charge in [-0.25, -0.2) is 4.39 Å². The number of amides is 1. The molecule has 1 aliphatic carbocycles. The lowest BCUT2D eigenvalue weighted by molar-refractivity contribution is -0.122. The molecule has 1 aromatic rings. The second-order valence-corrected chi connectivity index (χ2v) is 6.56. The Morgan fingerprint density at radius 3 is 2.77 bits per heavy atom. The van der Waals surface area contributed by atoms with Gasteiger partial charge in [0.2, 0.25) is 6.17 Å². The standard InChI is InChI=1S/C15H15FN4OS/c16-11-3-5-12(6-4-11)19-7-8-20-13(14(19)21)17-18-15(20)22-9-10-1-2-10/h3-8,10,13,17H,1-2,9H2. The van der Waals surface area contributed by atoms with Crippen LogP contribution in [0.2, 0.25) is 0 Å². The van der Waals surface area contributed by atoms with Crippen LogP contribution in [0, 0.1) is 11.7 Å². The summed E-state index contributed by atoms with van der Waals surface area (Å²) in [7, 11) is 0. The average molecular weight is 318 g/mol. The summed E-state index contributed by atoms with van der Waals surface area (Å²) in [4.78, 5) is 16.0. The zero-order chi connectivity index (χ0) is 15.1. The van der Waals surface area contributed by atoms with Crippen molar-refractivity contribution in [1.29, 1.82) is 0 Å². The van der Waals surface area contributed by atoms with E-state index in [1.165, 1.54) is 29.9 Å². The summed E-state index contributed by atoms with van der Waals surface area (Å²) in [5.74, 6) is 1.40. The van der Waals surface area contributed by atoms with Gasteiger partial charge in [0.15, 0.2) is 5.17 Å². The number of anilines is 1. The van der Waals surface area contributed by atoms with Crippen molar-refractivity contribution < 1.29 is 9.18 Å². The Kier molecular flexibility index (Phi) is 3.29. The van der Waals surface area contributed by atoms with Gasteiger partial charge in [-0.2, -0.15) is 5.10 Å². The number of fused-ring (bicyclic) bond motifs is 1. The fourth-order valence-electron chi connectivity index (χ4n) is 2.41. The number of carbonyl (C=O) groups excluding carboxylic acids is 1. The summed E-state index contributed by atoms with van der Waals surface area (Å²) in [6, 6.07) is 5.87. The highest BCUT2D eigenvalue weighted by Crippen LogP contribution is 2.34. The van der Waals surface area contributed by atoms with Gasteiger partial charge < -0.3 is 0 Å². The minimum Gasteiger partial charge on any atom is -0.294 e. The topological polar surface area (TPSA) is 47.9 Å². The van der Waals surface area contributed by atoms with E-state index in [2.05, 4.69) is 10.5 Å². The summed E-state index contributed by atoms with van der Waals surface area (Å²) in [5.41, 5.74) is 3.53. The minimum absolute atomic E-state index is 0.125. The number of hydrogen-bond donors (Lipinski definition) is 1. The lowest BCUT2D eigenvalue weighted by atomic mass is 10.2. The molecule has 2 aliphatic heterocycles. The number of halogens is 1. The van der Waals surface area contributed by atoms with Gasteiger partial charge in [-0.3, -0.25) is 20.0 Å². The van der Waals surface area contributed by atoms with Gasteiger partial charge in [-0.1, -0.05) is 11.8 Å². The predicted molar refractivity (Wildman–Crippen MR) is 84.4 cm³/mol. The van der Waals surface area contributed by atoms with E-state index < -0.39 is 6.17 Å². The number of benzene rings is 1. The van der Waals surface area contributed by atoms with Gasteiger partial charge in [0.25, 0.3) is 5.91 Å². The molecule has 1 saturated carbocycles. The molecule has 22 heavy (non-hydrogen) atoms. The van der Waals surface area contributed by atoms with E-state index in [1.807, 2.05) is 11.1 Å². The zero-order valence-corrected chi connectivity index (χ0v) is 12.6. The van der Waals surface area contributed by atoms with Crippen LogP contribution in [0.4, 0.5) is 10.1 Å². The Morgan fingerprint density at radius 2 is 2.05 bits per heavy atom. The molecule has 1 N–H and O–H groups in total. The highest BCUT2D eigenvalue weighted by Gasteiger charge is 2.38. The van der Waals surface area contributed by atoms with Gasteiger partial charge in [0.1, 0.15) is 5.82 Å². The number of amidine groups is 1. The molecule has 0 aromatic heterocycles. The molecule has 1 unspecified atom stereocenters. The van der Waals surface area contributed by atoms with Crippen LogP contribution < -0.4 is 10.3 Å². The van der Waals surface area contributed by atoms with Crippen molar-refractivity contribution in [1.82, 2.24) is 10.3 Å². The smallest absolute Gasteiger partial charge is 0.276 e. The maximum Gasteiger partial charge on any atom is 0.276 e. The molecule has 114 valence electrons. The van der Waals surface area contributed by atoms with Gasteiger partial charge in [0, 0.05) is 23.8 Å². The quantitative estimate of drug-likeness (QED) is 0.929. The van der Waals surface area contributed by atoms with Crippen molar-refractivity contribution >= 4 is 28.5 Å². The average Bonchev–Trinajstić information content (AvgIpc) is 3.26. The van der Waals surface area contributed by atoms with E-state index >= 15 is 0 Å². The maximum absolute atomic E-state index is 13.0. The maximum atomic E-state index is 13.0. The lowest BCUT2D eigenvalue weighted by Crippen LogP contribution is -2.52. The Morgan fingerprint density at radius 1 is 1.27 bits per heavy atom. The summed E-state index contributed by atoms with van der Waals surface area (Å²) in [6.45, 7) is 0. The Balaban J connectivity index is 1.51. The zero-order valence-electron chi connectivity index (χ0n) is 11.8. The van der Waals surface area contributed by atoms with Crippen molar-refractivity contribution in [3.05, 3.63) is 42.5 Å². The largest absolute Gasteiger partial charge is 0.294 e. The van der Waals surface area contributed by atoms with Crippen LogP contribution in [0.1, 0.15) is 12.8 Å². The van der Waals surface area contributed by atoms with Crippen LogP contribution >= 0.6 is 11.8 Å². The minimum atomic E-state index is -0.517. The fourth-order valence-corrected chi connectivity index (χ4v) is 3.56. The number of thioether (sulfide) groups is 1. The van der Waals surface area contributed by atoms with E-state index in [-0.39, 0.29) is 11.7 Å². The highest BCUT2D eigenvalue weighted by atomic mass is 32.2. The lowest BCUT2D eigenvalue weighted by Gasteiger charge is -2.31. The predicted octanol–water partition coefficient (Wildman–Crippen LogP) is 2.29. The SMILES string of the molecule is O=C1C2NN=C(SCC3CC3)N2C=CN1c1ccc(F)cc1. The highest BCUT2D eigenvalue weighted by molar-refractivity contribution is 8.13. The van der Waals surface area contributed by atoms with Gasteiger partial charge in [-0.15, -0.1) is 0 Å². The third kappa shape index (κ3) is 2.45. The van der Waals surface area contributed by atoms with Gasteiger partial charge >= 0.3 is 0 Å². The summed E-state index contributed by atoms with van der Waals surface area (Å²) < 4.78 is 13.0. The Hall–Kier alpha value is -2.02. The third-order valence-electron chi connectivity index (χ3n) is 3.88. The van der Waals surface area contributed by atoms with Crippen LogP contribution in [0.25, 0.3) is 0 Å². The van der Waals surface area contributed by atoms with Gasteiger partial charge in [-0.05, 0) is 43.0 Å². The molecular formula is C15H15FN4OS. The van der Waals surface area contributed by atoms with Crippen LogP contribution in [-0.4, -0.2) is 27.9 Å². The molecular weight excluding hydrogens is 303 g/mol. The van der Waals surface area contributed by atoms with Crippen molar-refractivity contribution in [3.8, 4) is 0 Å². The molecule has 3 aliphatic rings. The first-order valence-electron chi connectivity index (χ1n) is 7.24. The molecule has 0 radical (unpaired) electrons. The molecule has 0 saturated heterocycles. The van der Waals surface area contributed by atoms with E-state index in [4.69, 9.17) is 0 Å². The van der Waals surface area contributed by atoms with E-state index in [0.29, 0.717) is 5.69 Å². The molecule has 0 bridgehead atoms. The monoisotopic (exact) mass is 318 g/mol. The van der Waals surface area contributed by atoms with E-state index in [1.54, 1.807) is 30.1 Å². The van der Waals surface area contributed by atoms with Crippen LogP contribution in [0.5, 0.6) is 0 Å². The number of nitrogens with zero attached hydrogens (tertiary/aromatic N) is 3. The molecule has 1 amide bonds. The molecule has 2 heterocycles. The van der Waals surface area contributed by atoms with Gasteiger partial charge in [0.05, 0.1) is 0 Å². The molecule has 1 aromatic carbocycles. The first kappa shape index (κ1) is 13.6. The molecule has 4 rings (SSSR count). The number of carbonyl (C=O) groups is 1. The molecule has 7 heteroatoms. The van der Waals surface area contributed by atoms with E-state index in [0.717, 1.165) is 16.8 Å². The van der Waals surface area contributed by atoms with Crippen LogP contribution in [0.15, 0.2) is 41.8 Å². The summed E-state index contributed by atoms with van der Waals surface area (Å²) in [6.07, 6.45) is 5.62. The first-order valence-corrected chi connectivity index (χ1v) is 8.22. The third-order valence-corrected chi connectivity index (χ3v) is 5.08. The Labute approximate surface area is 131 Å². The van der Waals surface area contributed by atoms with Crippen molar-refractivity contribution in [2.45, 2.75) is 19.0 Å². The van der Waals surface area contributed by atoms with Crippen LogP contribution in [0.3, 0.4) is 0 Å². The second kappa shape index (κ2) is 5.31. The number of rotatable bonds is 3. The number of hydrogen-bond acceptors (Lipinski definition) is 5. The van der Waals surface area contributed by atoms with Crippen molar-refractivity contribution in [2.75, 3.05) is 10.7 Å². The number of nitrogens with one attached hydrogen (secondary N) is 1. The fraction of sp³-hybridized carbons (Fsp3) is 0.333. The van der Waals surface area contributed by atoms with Crippen LogP contribution in [-0.2, 0) is 4.79 Å². The molecule has 0 spiro atoms.